The molecule has 0 fully saturated rings. The molecule has 0 saturated heterocycles. The van der Waals surface area contributed by atoms with E-state index in [1.165, 1.54) is 16.9 Å². The first kappa shape index (κ1) is 17.3. The average Bonchev–Trinajstić information content (AvgIpc) is 3.29. The number of imidazole rings is 1. The van der Waals surface area contributed by atoms with Gasteiger partial charge in [-0.3, -0.25) is 9.20 Å². The Morgan fingerprint density at radius 1 is 1.22 bits per heavy atom. The number of carbonyl (C=O) groups is 1. The van der Waals surface area contributed by atoms with Crippen molar-refractivity contribution in [2.24, 2.45) is 0 Å². The minimum absolute atomic E-state index is 0.153. The zero-order valence-electron chi connectivity index (χ0n) is 15.1. The molecular weight excluding hydrogens is 358 g/mol. The van der Waals surface area contributed by atoms with Gasteiger partial charge in [0.1, 0.15) is 11.4 Å². The van der Waals surface area contributed by atoms with Crippen LogP contribution in [0.2, 0.25) is 0 Å². The fourth-order valence-corrected chi connectivity index (χ4v) is 3.74. The first-order valence-corrected chi connectivity index (χ1v) is 9.57. The van der Waals surface area contributed by atoms with Gasteiger partial charge >= 0.3 is 0 Å². The van der Waals surface area contributed by atoms with Crippen LogP contribution in [0, 0.1) is 0 Å². The molecule has 0 aliphatic heterocycles. The van der Waals surface area contributed by atoms with E-state index in [0.717, 1.165) is 34.1 Å². The van der Waals surface area contributed by atoms with Crippen molar-refractivity contribution in [3.8, 4) is 17.0 Å². The number of amides is 1. The maximum absolute atomic E-state index is 12.7. The van der Waals surface area contributed by atoms with Gasteiger partial charge in [0.25, 0.3) is 5.91 Å². The summed E-state index contributed by atoms with van der Waals surface area (Å²) in [6.07, 6.45) is 2.86. The van der Waals surface area contributed by atoms with Gasteiger partial charge in [-0.25, -0.2) is 4.98 Å². The van der Waals surface area contributed by atoms with E-state index in [4.69, 9.17) is 4.74 Å². The number of thiazole rings is 1. The Hall–Kier alpha value is -3.12. The summed E-state index contributed by atoms with van der Waals surface area (Å²) in [5.74, 6) is 0.623. The summed E-state index contributed by atoms with van der Waals surface area (Å²) in [6.45, 7) is 2.11. The highest BCUT2D eigenvalue weighted by Gasteiger charge is 2.15. The van der Waals surface area contributed by atoms with Gasteiger partial charge in [-0.15, -0.1) is 11.3 Å². The summed E-state index contributed by atoms with van der Waals surface area (Å²) in [6, 6.07) is 15.6. The molecule has 0 spiro atoms. The van der Waals surface area contributed by atoms with Gasteiger partial charge in [-0.1, -0.05) is 31.2 Å². The zero-order chi connectivity index (χ0) is 18.8. The van der Waals surface area contributed by atoms with Crippen molar-refractivity contribution in [2.75, 3.05) is 12.4 Å². The minimum atomic E-state index is -0.153. The topological polar surface area (TPSA) is 55.6 Å². The number of nitrogens with zero attached hydrogens (tertiary/aromatic N) is 2. The lowest BCUT2D eigenvalue weighted by atomic mass is 10.1. The molecule has 27 heavy (non-hydrogen) atoms. The summed E-state index contributed by atoms with van der Waals surface area (Å²) in [7, 11) is 1.64. The Morgan fingerprint density at radius 3 is 2.78 bits per heavy atom. The van der Waals surface area contributed by atoms with Crippen LogP contribution in [-0.4, -0.2) is 22.4 Å². The molecule has 0 radical (unpaired) electrons. The van der Waals surface area contributed by atoms with Crippen molar-refractivity contribution in [2.45, 2.75) is 13.3 Å². The van der Waals surface area contributed by atoms with E-state index in [2.05, 4.69) is 17.2 Å². The molecule has 0 atom stereocenters. The normalized spacial score (nSPS) is 10.9. The van der Waals surface area contributed by atoms with Gasteiger partial charge in [0.15, 0.2) is 4.96 Å². The number of ether oxygens (including phenoxy) is 1. The van der Waals surface area contributed by atoms with Gasteiger partial charge in [0.05, 0.1) is 12.8 Å². The van der Waals surface area contributed by atoms with E-state index >= 15 is 0 Å². The highest BCUT2D eigenvalue weighted by atomic mass is 32.1. The van der Waals surface area contributed by atoms with Crippen LogP contribution >= 0.6 is 11.3 Å². The molecule has 1 N–H and O–H groups in total. The molecule has 136 valence electrons. The van der Waals surface area contributed by atoms with Crippen LogP contribution in [0.25, 0.3) is 16.2 Å². The van der Waals surface area contributed by atoms with Crippen LogP contribution < -0.4 is 10.1 Å². The Morgan fingerprint density at radius 2 is 2.04 bits per heavy atom. The second-order valence-corrected chi connectivity index (χ2v) is 6.97. The van der Waals surface area contributed by atoms with E-state index < -0.39 is 0 Å². The molecule has 6 heteroatoms. The molecule has 0 unspecified atom stereocenters. The molecule has 2 aromatic heterocycles. The number of carbonyl (C=O) groups excluding carboxylic acids is 1. The summed E-state index contributed by atoms with van der Waals surface area (Å²) in [5.41, 5.74) is 4.35. The number of aromatic nitrogens is 2. The van der Waals surface area contributed by atoms with Crippen LogP contribution in [0.3, 0.4) is 0 Å². The first-order valence-electron chi connectivity index (χ1n) is 8.69. The monoisotopic (exact) mass is 377 g/mol. The van der Waals surface area contributed by atoms with Gasteiger partial charge in [-0.2, -0.15) is 0 Å². The SMILES string of the molecule is CCc1ccc(NC(=O)c2csc3nc(-c4cccc(OC)c4)cn23)cc1. The number of hydrogen-bond donors (Lipinski definition) is 1. The number of nitrogens with one attached hydrogen (secondary N) is 1. The second-order valence-electron chi connectivity index (χ2n) is 6.14. The molecule has 4 aromatic rings. The van der Waals surface area contributed by atoms with Crippen molar-refractivity contribution >= 4 is 27.9 Å². The molecule has 2 aromatic carbocycles. The van der Waals surface area contributed by atoms with Crippen LogP contribution in [0.5, 0.6) is 5.75 Å². The number of hydrogen-bond acceptors (Lipinski definition) is 4. The maximum Gasteiger partial charge on any atom is 0.273 e. The van der Waals surface area contributed by atoms with E-state index in [1.54, 1.807) is 7.11 Å². The molecule has 4 rings (SSSR count). The van der Waals surface area contributed by atoms with Gasteiger partial charge in [-0.05, 0) is 36.2 Å². The van der Waals surface area contributed by atoms with Crippen molar-refractivity contribution < 1.29 is 9.53 Å². The number of benzene rings is 2. The third-order valence-corrected chi connectivity index (χ3v) is 5.27. The Kier molecular flexibility index (Phi) is 4.64. The maximum atomic E-state index is 12.7. The lowest BCUT2D eigenvalue weighted by Gasteiger charge is -2.05. The standard InChI is InChI=1S/C21H19N3O2S/c1-3-14-7-9-16(10-8-14)22-20(25)19-13-27-21-23-18(12-24(19)21)15-5-4-6-17(11-15)26-2/h4-13H,3H2,1-2H3,(H,22,25). The minimum Gasteiger partial charge on any atom is -0.497 e. The molecule has 2 heterocycles. The molecule has 0 bridgehead atoms. The molecule has 1 amide bonds. The number of aryl methyl sites for hydroxylation is 1. The molecule has 5 nitrogen and oxygen atoms in total. The third kappa shape index (κ3) is 3.44. The molecule has 0 aliphatic carbocycles. The number of fused-ring (bicyclic) bond motifs is 1. The van der Waals surface area contributed by atoms with Gasteiger partial charge in [0.2, 0.25) is 0 Å². The zero-order valence-corrected chi connectivity index (χ0v) is 15.9. The van der Waals surface area contributed by atoms with Crippen molar-refractivity contribution in [1.82, 2.24) is 9.38 Å². The fourth-order valence-electron chi connectivity index (χ4n) is 2.89. The van der Waals surface area contributed by atoms with Crippen LogP contribution in [0.15, 0.2) is 60.1 Å². The van der Waals surface area contributed by atoms with Crippen molar-refractivity contribution in [3.05, 3.63) is 71.4 Å². The fraction of sp³-hybridized carbons (Fsp3) is 0.143. The lowest BCUT2D eigenvalue weighted by Crippen LogP contribution is -2.13. The van der Waals surface area contributed by atoms with Crippen molar-refractivity contribution in [1.29, 1.82) is 0 Å². The van der Waals surface area contributed by atoms with Crippen LogP contribution in [-0.2, 0) is 6.42 Å². The predicted molar refractivity (Wildman–Crippen MR) is 109 cm³/mol. The summed E-state index contributed by atoms with van der Waals surface area (Å²) < 4.78 is 7.11. The summed E-state index contributed by atoms with van der Waals surface area (Å²) >= 11 is 1.44. The molecular formula is C21H19N3O2S. The Bertz CT molecular complexity index is 1100. The van der Waals surface area contributed by atoms with E-state index in [1.807, 2.05) is 64.5 Å². The molecule has 0 saturated carbocycles. The first-order chi connectivity index (χ1) is 13.2. The van der Waals surface area contributed by atoms with Crippen molar-refractivity contribution in [3.63, 3.8) is 0 Å². The number of methoxy groups -OCH3 is 1. The quantitative estimate of drug-likeness (QED) is 0.539. The van der Waals surface area contributed by atoms with E-state index in [-0.39, 0.29) is 5.91 Å². The number of anilines is 1. The highest BCUT2D eigenvalue weighted by Crippen LogP contribution is 2.26. The van der Waals surface area contributed by atoms with Crippen LogP contribution in [0.4, 0.5) is 5.69 Å². The largest absolute Gasteiger partial charge is 0.497 e. The lowest BCUT2D eigenvalue weighted by molar-refractivity contribution is 0.102. The van der Waals surface area contributed by atoms with E-state index in [9.17, 15) is 4.79 Å². The Balaban J connectivity index is 1.62. The Labute approximate surface area is 161 Å². The summed E-state index contributed by atoms with van der Waals surface area (Å²) in [5, 5.41) is 4.78. The van der Waals surface area contributed by atoms with Gasteiger partial charge in [0, 0.05) is 22.8 Å². The highest BCUT2D eigenvalue weighted by molar-refractivity contribution is 7.15. The number of rotatable bonds is 5. The van der Waals surface area contributed by atoms with Gasteiger partial charge < -0.3 is 10.1 Å². The summed E-state index contributed by atoms with van der Waals surface area (Å²) in [4.78, 5) is 18.1. The third-order valence-electron chi connectivity index (χ3n) is 4.43. The second kappa shape index (κ2) is 7.25. The average molecular weight is 377 g/mol. The molecule has 0 aliphatic rings. The van der Waals surface area contributed by atoms with E-state index in [0.29, 0.717) is 5.69 Å². The smallest absolute Gasteiger partial charge is 0.273 e. The predicted octanol–water partition coefficient (Wildman–Crippen LogP) is 4.89. The van der Waals surface area contributed by atoms with Crippen LogP contribution in [0.1, 0.15) is 23.0 Å².